The number of aliphatic imine (C=N–C) groups is 1. The van der Waals surface area contributed by atoms with Gasteiger partial charge in [0.05, 0.1) is 11.0 Å². The average Bonchev–Trinajstić information content (AvgIpc) is 3.05. The summed E-state index contributed by atoms with van der Waals surface area (Å²) in [5.41, 5.74) is 9.11. The Morgan fingerprint density at radius 1 is 1.00 bits per heavy atom. The zero-order chi connectivity index (χ0) is 18.0. The summed E-state index contributed by atoms with van der Waals surface area (Å²) in [4.78, 5) is 8.35. The zero-order valence-electron chi connectivity index (χ0n) is 16.3. The topological polar surface area (TPSA) is 28.1 Å². The fraction of sp³-hybridized carbons (Fsp3) is 0.435. The molecule has 0 atom stereocenters. The summed E-state index contributed by atoms with van der Waals surface area (Å²) >= 11 is 0. The molecule has 0 bridgehead atoms. The first-order chi connectivity index (χ1) is 12.0. The van der Waals surface area contributed by atoms with Crippen molar-refractivity contribution in [1.82, 2.24) is 4.98 Å². The highest BCUT2D eigenvalue weighted by Gasteiger charge is 2.11. The van der Waals surface area contributed by atoms with Crippen LogP contribution in [-0.2, 0) is 12.8 Å². The van der Waals surface area contributed by atoms with Gasteiger partial charge < -0.3 is 4.98 Å². The average molecular weight is 335 g/mol. The Hall–Kier alpha value is -2.09. The minimum atomic E-state index is 1.05. The highest BCUT2D eigenvalue weighted by atomic mass is 14.8. The maximum atomic E-state index is 4.69. The third kappa shape index (κ3) is 3.78. The highest BCUT2D eigenvalue weighted by molar-refractivity contribution is 5.83. The number of fused-ring (bicyclic) bond motifs is 1. The number of H-pyrrole nitrogens is 1. The van der Waals surface area contributed by atoms with Crippen LogP contribution in [0.25, 0.3) is 22.5 Å². The van der Waals surface area contributed by atoms with Gasteiger partial charge in [-0.3, -0.25) is 4.99 Å². The molecule has 0 radical (unpaired) electrons. The van der Waals surface area contributed by atoms with Crippen LogP contribution in [0.3, 0.4) is 0 Å². The van der Waals surface area contributed by atoms with Gasteiger partial charge in [-0.1, -0.05) is 24.6 Å². The molecule has 132 valence electrons. The summed E-state index contributed by atoms with van der Waals surface area (Å²) in [6.07, 6.45) is 6.15. The van der Waals surface area contributed by atoms with Crippen LogP contribution in [0.1, 0.15) is 65.0 Å². The quantitative estimate of drug-likeness (QED) is 0.785. The van der Waals surface area contributed by atoms with E-state index in [0.29, 0.717) is 0 Å². The van der Waals surface area contributed by atoms with E-state index in [2.05, 4.69) is 50.0 Å². The van der Waals surface area contributed by atoms with Crippen LogP contribution in [0.4, 0.5) is 0 Å². The lowest BCUT2D eigenvalue weighted by atomic mass is 9.90. The molecule has 25 heavy (non-hydrogen) atoms. The molecular weight excluding hydrogens is 304 g/mol. The number of aromatic amines is 1. The minimum absolute atomic E-state index is 1.05. The van der Waals surface area contributed by atoms with Gasteiger partial charge >= 0.3 is 0 Å². The van der Waals surface area contributed by atoms with Gasteiger partial charge in [-0.25, -0.2) is 0 Å². The standard InChI is InChI=1S/C23H30N2/c1-6-16(4)21-14-22(25-23(21)17(5)24-15(2)3)20-12-11-18-9-7-8-10-19(18)13-20/h11-14,25H,6-10H2,1-5H3/b21-16+,23-17+. The Balaban J connectivity index is 2.20. The fourth-order valence-electron chi connectivity index (χ4n) is 3.71. The molecule has 0 saturated carbocycles. The second-order valence-corrected chi connectivity index (χ2v) is 7.44. The second-order valence-electron chi connectivity index (χ2n) is 7.44. The maximum absolute atomic E-state index is 4.69. The number of aryl methyl sites for hydroxylation is 2. The number of nitrogens with one attached hydrogen (secondary N) is 1. The van der Waals surface area contributed by atoms with E-state index in [1.807, 2.05) is 13.8 Å². The second kappa shape index (κ2) is 7.43. The predicted octanol–water partition coefficient (Wildman–Crippen LogP) is 4.75. The Morgan fingerprint density at radius 2 is 1.72 bits per heavy atom. The lowest BCUT2D eigenvalue weighted by Crippen LogP contribution is -2.26. The normalized spacial score (nSPS) is 16.2. The number of rotatable bonds is 3. The van der Waals surface area contributed by atoms with E-state index < -0.39 is 0 Å². The predicted molar refractivity (Wildman–Crippen MR) is 109 cm³/mol. The smallest absolute Gasteiger partial charge is 0.0673 e. The Labute approximate surface area is 151 Å². The summed E-state index contributed by atoms with van der Waals surface area (Å²) in [7, 11) is 0. The molecule has 1 N–H and O–H groups in total. The zero-order valence-corrected chi connectivity index (χ0v) is 16.3. The van der Waals surface area contributed by atoms with Gasteiger partial charge in [-0.2, -0.15) is 0 Å². The van der Waals surface area contributed by atoms with Crippen molar-refractivity contribution >= 4 is 17.0 Å². The van der Waals surface area contributed by atoms with E-state index in [1.165, 1.54) is 58.9 Å². The van der Waals surface area contributed by atoms with Crippen molar-refractivity contribution in [1.29, 1.82) is 0 Å². The van der Waals surface area contributed by atoms with Crippen LogP contribution in [0.15, 0.2) is 29.3 Å². The number of benzene rings is 1. The molecule has 1 heterocycles. The van der Waals surface area contributed by atoms with Gasteiger partial charge in [0, 0.05) is 16.6 Å². The largest absolute Gasteiger partial charge is 0.353 e. The highest BCUT2D eigenvalue weighted by Crippen LogP contribution is 2.26. The van der Waals surface area contributed by atoms with Crippen molar-refractivity contribution in [3.05, 3.63) is 46.0 Å². The van der Waals surface area contributed by atoms with Crippen LogP contribution in [0.5, 0.6) is 0 Å². The van der Waals surface area contributed by atoms with Gasteiger partial charge in [0.2, 0.25) is 0 Å². The lowest BCUT2D eigenvalue weighted by molar-refractivity contribution is 0.686. The van der Waals surface area contributed by atoms with Crippen molar-refractivity contribution < 1.29 is 0 Å². The first-order valence-electron chi connectivity index (χ1n) is 9.53. The van der Waals surface area contributed by atoms with Crippen LogP contribution < -0.4 is 10.6 Å². The van der Waals surface area contributed by atoms with Gasteiger partial charge in [0.15, 0.2) is 0 Å². The minimum Gasteiger partial charge on any atom is -0.353 e. The lowest BCUT2D eigenvalue weighted by Gasteiger charge is -2.16. The summed E-state index contributed by atoms with van der Waals surface area (Å²) in [6.45, 7) is 10.6. The molecule has 2 heteroatoms. The molecule has 0 fully saturated rings. The molecule has 1 aromatic carbocycles. The monoisotopic (exact) mass is 334 g/mol. The summed E-state index contributed by atoms with van der Waals surface area (Å²) < 4.78 is 0. The van der Waals surface area contributed by atoms with E-state index in [1.54, 1.807) is 0 Å². The van der Waals surface area contributed by atoms with E-state index in [9.17, 15) is 0 Å². The van der Waals surface area contributed by atoms with Crippen molar-refractivity contribution in [2.24, 2.45) is 4.99 Å². The van der Waals surface area contributed by atoms with Crippen molar-refractivity contribution in [2.45, 2.75) is 66.7 Å². The molecule has 0 unspecified atom stereocenters. The molecule has 1 aromatic heterocycles. The van der Waals surface area contributed by atoms with Crippen molar-refractivity contribution in [2.75, 3.05) is 0 Å². The Morgan fingerprint density at radius 3 is 2.40 bits per heavy atom. The van der Waals surface area contributed by atoms with E-state index in [0.717, 1.165) is 23.2 Å². The summed E-state index contributed by atoms with van der Waals surface area (Å²) in [5, 5.41) is 2.46. The number of hydrogen-bond donors (Lipinski definition) is 1. The first-order valence-corrected chi connectivity index (χ1v) is 9.53. The van der Waals surface area contributed by atoms with Crippen LogP contribution in [-0.4, -0.2) is 10.7 Å². The summed E-state index contributed by atoms with van der Waals surface area (Å²) in [6, 6.07) is 9.29. The van der Waals surface area contributed by atoms with Gasteiger partial charge in [0.25, 0.3) is 0 Å². The van der Waals surface area contributed by atoms with Crippen molar-refractivity contribution in [3.63, 3.8) is 0 Å². The van der Waals surface area contributed by atoms with Gasteiger partial charge in [-0.15, -0.1) is 0 Å². The SMILES string of the molecule is CC/C(C)=c1\cc(-c2ccc3c(c2)CCCC3)[nH]\c1=C(/C)N=C(C)C. The van der Waals surface area contributed by atoms with Gasteiger partial charge in [-0.05, 0) is 88.6 Å². The van der Waals surface area contributed by atoms with Gasteiger partial charge in [0.1, 0.15) is 0 Å². The maximum Gasteiger partial charge on any atom is 0.0673 e. The molecule has 0 aliphatic heterocycles. The molecule has 0 spiro atoms. The summed E-state index contributed by atoms with van der Waals surface area (Å²) in [5.74, 6) is 0. The molecule has 0 amide bonds. The van der Waals surface area contributed by atoms with E-state index in [4.69, 9.17) is 4.99 Å². The van der Waals surface area contributed by atoms with Crippen LogP contribution >= 0.6 is 0 Å². The molecule has 2 aromatic rings. The fourth-order valence-corrected chi connectivity index (χ4v) is 3.71. The Kier molecular flexibility index (Phi) is 5.27. The molecule has 3 rings (SSSR count). The third-order valence-corrected chi connectivity index (χ3v) is 5.22. The molecular formula is C23H30N2. The molecule has 2 nitrogen and oxygen atoms in total. The number of aromatic nitrogens is 1. The van der Waals surface area contributed by atoms with Crippen LogP contribution in [0.2, 0.25) is 0 Å². The molecule has 1 aliphatic carbocycles. The molecule has 1 aliphatic rings. The third-order valence-electron chi connectivity index (χ3n) is 5.22. The van der Waals surface area contributed by atoms with Crippen molar-refractivity contribution in [3.8, 4) is 11.3 Å². The molecule has 0 saturated heterocycles. The van der Waals surface area contributed by atoms with Crippen LogP contribution in [0, 0.1) is 0 Å². The Bertz CT molecular complexity index is 921. The van der Waals surface area contributed by atoms with E-state index in [-0.39, 0.29) is 0 Å². The first kappa shape index (κ1) is 17.7. The van der Waals surface area contributed by atoms with E-state index >= 15 is 0 Å². The number of nitrogens with zero attached hydrogens (tertiary/aromatic N) is 1. The number of hydrogen-bond acceptors (Lipinski definition) is 1.